The predicted octanol–water partition coefficient (Wildman–Crippen LogP) is 2.01. The third-order valence-electron chi connectivity index (χ3n) is 4.36. The number of anilines is 1. The lowest BCUT2D eigenvalue weighted by molar-refractivity contribution is -0.126. The molecule has 2 aromatic heterocycles. The number of amides is 2. The summed E-state index contributed by atoms with van der Waals surface area (Å²) in [5, 5.41) is 9.93. The molecule has 1 aliphatic rings. The standard InChI is InChI=1S/C19H17N5O2/c25-17-11-15(14-6-1-2-7-16(14)23-17)19(26)21-12-13-5-3-8-20-18(13)24-10-4-9-22-24/h1-10,15H,11-12H2,(H,21,26)(H,23,25)/t15-/m1/s1. The Kier molecular flexibility index (Phi) is 4.18. The highest BCUT2D eigenvalue weighted by molar-refractivity contribution is 6.01. The fraction of sp³-hybridized carbons (Fsp3) is 0.158. The van der Waals surface area contributed by atoms with Crippen LogP contribution in [-0.4, -0.2) is 26.6 Å². The maximum Gasteiger partial charge on any atom is 0.228 e. The zero-order chi connectivity index (χ0) is 17.9. The van der Waals surface area contributed by atoms with Crippen LogP contribution in [0.15, 0.2) is 61.1 Å². The number of benzene rings is 1. The number of pyridine rings is 1. The van der Waals surface area contributed by atoms with Crippen molar-refractivity contribution in [3.63, 3.8) is 0 Å². The Labute approximate surface area is 150 Å². The van der Waals surface area contributed by atoms with Crippen LogP contribution in [0.3, 0.4) is 0 Å². The SMILES string of the molecule is O=C1C[C@@H](C(=O)NCc2cccnc2-n2cccn2)c2ccccc2N1. The molecule has 0 unspecified atom stereocenters. The third-order valence-corrected chi connectivity index (χ3v) is 4.36. The van der Waals surface area contributed by atoms with E-state index in [9.17, 15) is 9.59 Å². The van der Waals surface area contributed by atoms with Crippen LogP contribution >= 0.6 is 0 Å². The van der Waals surface area contributed by atoms with Crippen molar-refractivity contribution in [1.29, 1.82) is 0 Å². The van der Waals surface area contributed by atoms with E-state index >= 15 is 0 Å². The lowest BCUT2D eigenvalue weighted by Crippen LogP contribution is -2.35. The second kappa shape index (κ2) is 6.79. The van der Waals surface area contributed by atoms with E-state index in [4.69, 9.17) is 0 Å². The van der Waals surface area contributed by atoms with Crippen molar-refractivity contribution in [1.82, 2.24) is 20.1 Å². The number of hydrogen-bond acceptors (Lipinski definition) is 4. The van der Waals surface area contributed by atoms with Crippen LogP contribution in [0.4, 0.5) is 5.69 Å². The molecular formula is C19H17N5O2. The Balaban J connectivity index is 1.53. The second-order valence-corrected chi connectivity index (χ2v) is 6.05. The normalized spacial score (nSPS) is 15.8. The van der Waals surface area contributed by atoms with E-state index in [0.29, 0.717) is 18.1 Å². The van der Waals surface area contributed by atoms with Gasteiger partial charge in [-0.3, -0.25) is 9.59 Å². The van der Waals surface area contributed by atoms with Gasteiger partial charge in [-0.2, -0.15) is 5.10 Å². The molecule has 1 aromatic carbocycles. The summed E-state index contributed by atoms with van der Waals surface area (Å²) in [6.07, 6.45) is 5.30. The molecule has 3 aromatic rings. The zero-order valence-corrected chi connectivity index (χ0v) is 13.9. The van der Waals surface area contributed by atoms with Gasteiger partial charge in [-0.05, 0) is 23.8 Å². The van der Waals surface area contributed by atoms with E-state index < -0.39 is 5.92 Å². The van der Waals surface area contributed by atoms with Gasteiger partial charge in [-0.15, -0.1) is 0 Å². The van der Waals surface area contributed by atoms with Crippen molar-refractivity contribution in [2.75, 3.05) is 5.32 Å². The molecule has 4 rings (SSSR count). The summed E-state index contributed by atoms with van der Waals surface area (Å²) in [6, 6.07) is 12.9. The molecular weight excluding hydrogens is 330 g/mol. The molecule has 0 saturated heterocycles. The maximum absolute atomic E-state index is 12.7. The zero-order valence-electron chi connectivity index (χ0n) is 13.9. The number of fused-ring (bicyclic) bond motifs is 1. The summed E-state index contributed by atoms with van der Waals surface area (Å²) < 4.78 is 1.66. The van der Waals surface area contributed by atoms with Crippen molar-refractivity contribution < 1.29 is 9.59 Å². The number of aromatic nitrogens is 3. The average molecular weight is 347 g/mol. The van der Waals surface area contributed by atoms with Gasteiger partial charge in [0, 0.05) is 42.8 Å². The molecule has 7 heteroatoms. The van der Waals surface area contributed by atoms with Gasteiger partial charge in [0.25, 0.3) is 0 Å². The Morgan fingerprint density at radius 2 is 2.08 bits per heavy atom. The molecule has 0 bridgehead atoms. The monoisotopic (exact) mass is 347 g/mol. The Bertz CT molecular complexity index is 952. The minimum Gasteiger partial charge on any atom is -0.351 e. The van der Waals surface area contributed by atoms with Crippen LogP contribution in [-0.2, 0) is 16.1 Å². The van der Waals surface area contributed by atoms with Gasteiger partial charge in [0.2, 0.25) is 11.8 Å². The maximum atomic E-state index is 12.7. The van der Waals surface area contributed by atoms with Gasteiger partial charge in [0.15, 0.2) is 5.82 Å². The van der Waals surface area contributed by atoms with Gasteiger partial charge < -0.3 is 10.6 Å². The summed E-state index contributed by atoms with van der Waals surface area (Å²) in [4.78, 5) is 29.0. The van der Waals surface area contributed by atoms with E-state index in [-0.39, 0.29) is 18.2 Å². The second-order valence-electron chi connectivity index (χ2n) is 6.05. The largest absolute Gasteiger partial charge is 0.351 e. The average Bonchev–Trinajstić information content (AvgIpc) is 3.20. The van der Waals surface area contributed by atoms with E-state index in [1.807, 2.05) is 42.5 Å². The molecule has 0 radical (unpaired) electrons. The molecule has 0 fully saturated rings. The molecule has 3 heterocycles. The molecule has 26 heavy (non-hydrogen) atoms. The highest BCUT2D eigenvalue weighted by Gasteiger charge is 2.30. The van der Waals surface area contributed by atoms with Crippen LogP contribution in [0.25, 0.3) is 5.82 Å². The summed E-state index contributed by atoms with van der Waals surface area (Å²) in [5.41, 5.74) is 2.38. The first-order chi connectivity index (χ1) is 12.7. The van der Waals surface area contributed by atoms with E-state index in [1.165, 1.54) is 0 Å². The topological polar surface area (TPSA) is 88.9 Å². The number of carbonyl (C=O) groups is 2. The Morgan fingerprint density at radius 3 is 2.92 bits per heavy atom. The molecule has 130 valence electrons. The van der Waals surface area contributed by atoms with Crippen LogP contribution in [0, 0.1) is 0 Å². The molecule has 7 nitrogen and oxygen atoms in total. The summed E-state index contributed by atoms with van der Waals surface area (Å²) in [7, 11) is 0. The molecule has 0 aliphatic carbocycles. The number of para-hydroxylation sites is 1. The fourth-order valence-corrected chi connectivity index (χ4v) is 3.12. The first-order valence-electron chi connectivity index (χ1n) is 8.33. The number of nitrogens with zero attached hydrogens (tertiary/aromatic N) is 3. The number of nitrogens with one attached hydrogen (secondary N) is 2. The van der Waals surface area contributed by atoms with Crippen LogP contribution in [0.1, 0.15) is 23.5 Å². The van der Waals surface area contributed by atoms with Gasteiger partial charge >= 0.3 is 0 Å². The van der Waals surface area contributed by atoms with Crippen molar-refractivity contribution in [2.24, 2.45) is 0 Å². The summed E-state index contributed by atoms with van der Waals surface area (Å²) in [5.74, 6) is -0.158. The fourth-order valence-electron chi connectivity index (χ4n) is 3.12. The van der Waals surface area contributed by atoms with Crippen LogP contribution < -0.4 is 10.6 Å². The van der Waals surface area contributed by atoms with E-state index in [1.54, 1.807) is 23.3 Å². The quantitative estimate of drug-likeness (QED) is 0.755. The van der Waals surface area contributed by atoms with Crippen molar-refractivity contribution in [2.45, 2.75) is 18.9 Å². The molecule has 2 amide bonds. The first kappa shape index (κ1) is 16.0. The lowest BCUT2D eigenvalue weighted by Gasteiger charge is -2.24. The van der Waals surface area contributed by atoms with E-state index in [0.717, 1.165) is 11.1 Å². The third kappa shape index (κ3) is 3.06. The van der Waals surface area contributed by atoms with Gasteiger partial charge in [-0.25, -0.2) is 9.67 Å². The molecule has 1 aliphatic heterocycles. The number of carbonyl (C=O) groups excluding carboxylic acids is 2. The summed E-state index contributed by atoms with van der Waals surface area (Å²) in [6.45, 7) is 0.308. The van der Waals surface area contributed by atoms with Crippen molar-refractivity contribution in [3.8, 4) is 5.82 Å². The molecule has 0 spiro atoms. The van der Waals surface area contributed by atoms with Gasteiger partial charge in [0.1, 0.15) is 0 Å². The Hall–Kier alpha value is -3.48. The van der Waals surface area contributed by atoms with Gasteiger partial charge in [0.05, 0.1) is 5.92 Å². The molecule has 2 N–H and O–H groups in total. The van der Waals surface area contributed by atoms with Crippen molar-refractivity contribution >= 4 is 17.5 Å². The molecule has 0 saturated carbocycles. The minimum atomic E-state index is -0.496. The van der Waals surface area contributed by atoms with Crippen LogP contribution in [0.5, 0.6) is 0 Å². The van der Waals surface area contributed by atoms with Crippen molar-refractivity contribution in [3.05, 3.63) is 72.2 Å². The highest BCUT2D eigenvalue weighted by Crippen LogP contribution is 2.32. The number of rotatable bonds is 4. The predicted molar refractivity (Wildman–Crippen MR) is 95.6 cm³/mol. The van der Waals surface area contributed by atoms with Crippen LogP contribution in [0.2, 0.25) is 0 Å². The first-order valence-corrected chi connectivity index (χ1v) is 8.33. The van der Waals surface area contributed by atoms with E-state index in [2.05, 4.69) is 20.7 Å². The molecule has 1 atom stereocenters. The summed E-state index contributed by atoms with van der Waals surface area (Å²) >= 11 is 0. The smallest absolute Gasteiger partial charge is 0.228 e. The highest BCUT2D eigenvalue weighted by atomic mass is 16.2. The Morgan fingerprint density at radius 1 is 1.19 bits per heavy atom. The van der Waals surface area contributed by atoms with Gasteiger partial charge in [-0.1, -0.05) is 24.3 Å². The number of hydrogen-bond donors (Lipinski definition) is 2. The minimum absolute atomic E-state index is 0.141. The lowest BCUT2D eigenvalue weighted by atomic mass is 9.90.